The van der Waals surface area contributed by atoms with E-state index in [-0.39, 0.29) is 23.4 Å². The van der Waals surface area contributed by atoms with Crippen molar-refractivity contribution in [3.63, 3.8) is 0 Å². The van der Waals surface area contributed by atoms with Gasteiger partial charge in [-0.3, -0.25) is 0 Å². The molecule has 2 heteroatoms. The molecule has 0 saturated carbocycles. The van der Waals surface area contributed by atoms with Crippen LogP contribution in [0, 0.1) is 0 Å². The van der Waals surface area contributed by atoms with E-state index in [2.05, 4.69) is 53.7 Å². The Labute approximate surface area is 101 Å². The maximum absolute atomic E-state index is 5.78. The molecule has 0 heterocycles. The van der Waals surface area contributed by atoms with Crippen LogP contribution < -0.4 is 0 Å². The molecule has 0 bridgehead atoms. The quantitative estimate of drug-likeness (QED) is 0.678. The molecule has 0 spiro atoms. The molecule has 0 aliphatic heterocycles. The van der Waals surface area contributed by atoms with Crippen LogP contribution in [0.2, 0.25) is 0 Å². The van der Waals surface area contributed by atoms with Gasteiger partial charge in [0.2, 0.25) is 0 Å². The van der Waals surface area contributed by atoms with E-state index in [9.17, 15) is 0 Å². The van der Waals surface area contributed by atoms with Gasteiger partial charge in [-0.05, 0) is 55.4 Å². The molecule has 2 atom stereocenters. The van der Waals surface area contributed by atoms with Gasteiger partial charge < -0.3 is 9.47 Å². The second-order valence-corrected chi connectivity index (χ2v) is 6.26. The van der Waals surface area contributed by atoms with Crippen molar-refractivity contribution < 1.29 is 9.47 Å². The topological polar surface area (TPSA) is 18.5 Å². The number of ether oxygens (including phenoxy) is 2. The molecule has 2 nitrogen and oxygen atoms in total. The standard InChI is InChI=1S/C14H28O2/c1-11(15-13(3,4)5)9-10-12(2)16-14(6,7)8/h9-12H,1-8H3/b10-9+. The predicted octanol–water partition coefficient (Wildman–Crippen LogP) is 3.95. The Morgan fingerprint density at radius 1 is 0.688 bits per heavy atom. The van der Waals surface area contributed by atoms with Crippen molar-refractivity contribution in [3.8, 4) is 0 Å². The maximum Gasteiger partial charge on any atom is 0.0735 e. The zero-order valence-electron chi connectivity index (χ0n) is 12.1. The van der Waals surface area contributed by atoms with Crippen LogP contribution in [-0.2, 0) is 9.47 Å². The van der Waals surface area contributed by atoms with Crippen molar-refractivity contribution in [2.45, 2.75) is 78.8 Å². The molecule has 0 N–H and O–H groups in total. The third-order valence-electron chi connectivity index (χ3n) is 1.73. The minimum absolute atomic E-state index is 0.0993. The van der Waals surface area contributed by atoms with Crippen molar-refractivity contribution in [2.75, 3.05) is 0 Å². The van der Waals surface area contributed by atoms with Gasteiger partial charge in [0.1, 0.15) is 0 Å². The molecule has 0 amide bonds. The van der Waals surface area contributed by atoms with E-state index in [1.807, 2.05) is 13.8 Å². The Morgan fingerprint density at radius 3 is 1.12 bits per heavy atom. The van der Waals surface area contributed by atoms with Gasteiger partial charge in [0.15, 0.2) is 0 Å². The largest absolute Gasteiger partial charge is 0.369 e. The molecule has 0 aromatic rings. The Kier molecular flexibility index (Phi) is 5.71. The third kappa shape index (κ3) is 10.2. The van der Waals surface area contributed by atoms with Crippen molar-refractivity contribution in [3.05, 3.63) is 12.2 Å². The van der Waals surface area contributed by atoms with Gasteiger partial charge in [-0.1, -0.05) is 12.2 Å². The van der Waals surface area contributed by atoms with Crippen LogP contribution in [0.3, 0.4) is 0 Å². The summed E-state index contributed by atoms with van der Waals surface area (Å²) in [7, 11) is 0. The van der Waals surface area contributed by atoms with Gasteiger partial charge >= 0.3 is 0 Å². The van der Waals surface area contributed by atoms with E-state index in [0.29, 0.717) is 0 Å². The molecule has 2 unspecified atom stereocenters. The molecule has 0 rings (SSSR count). The fraction of sp³-hybridized carbons (Fsp3) is 0.857. The maximum atomic E-state index is 5.78. The minimum atomic E-state index is -0.0993. The number of hydrogen-bond donors (Lipinski definition) is 0. The van der Waals surface area contributed by atoms with Crippen molar-refractivity contribution in [1.29, 1.82) is 0 Å². The summed E-state index contributed by atoms with van der Waals surface area (Å²) in [5.41, 5.74) is -0.199. The molecule has 16 heavy (non-hydrogen) atoms. The molecule has 0 saturated heterocycles. The molecule has 0 aliphatic carbocycles. The van der Waals surface area contributed by atoms with Crippen LogP contribution in [0.25, 0.3) is 0 Å². The summed E-state index contributed by atoms with van der Waals surface area (Å²) in [4.78, 5) is 0. The van der Waals surface area contributed by atoms with E-state index in [1.165, 1.54) is 0 Å². The fourth-order valence-electron chi connectivity index (χ4n) is 1.51. The van der Waals surface area contributed by atoms with Gasteiger partial charge in [-0.25, -0.2) is 0 Å². The highest BCUT2D eigenvalue weighted by molar-refractivity contribution is 4.93. The summed E-state index contributed by atoms with van der Waals surface area (Å²) < 4.78 is 11.6. The van der Waals surface area contributed by atoms with Gasteiger partial charge in [-0.15, -0.1) is 0 Å². The Balaban J connectivity index is 4.08. The summed E-state index contributed by atoms with van der Waals surface area (Å²) >= 11 is 0. The second-order valence-electron chi connectivity index (χ2n) is 6.26. The molecular formula is C14H28O2. The molecule has 0 fully saturated rings. The van der Waals surface area contributed by atoms with Gasteiger partial charge in [0, 0.05) is 0 Å². The number of rotatable bonds is 4. The molecule has 0 aliphatic rings. The molecule has 96 valence electrons. The first-order chi connectivity index (χ1) is 6.99. The van der Waals surface area contributed by atoms with Gasteiger partial charge in [0.25, 0.3) is 0 Å². The normalized spacial score (nSPS) is 17.8. The van der Waals surface area contributed by atoms with E-state index >= 15 is 0 Å². The lowest BCUT2D eigenvalue weighted by atomic mass is 10.1. The molecule has 0 aromatic heterocycles. The van der Waals surface area contributed by atoms with Crippen LogP contribution >= 0.6 is 0 Å². The first-order valence-electron chi connectivity index (χ1n) is 6.03. The molecule has 0 aromatic carbocycles. The summed E-state index contributed by atoms with van der Waals surface area (Å²) in [5.74, 6) is 0. The minimum Gasteiger partial charge on any atom is -0.369 e. The average Bonchev–Trinajstić information content (AvgIpc) is 1.94. The monoisotopic (exact) mass is 228 g/mol. The summed E-state index contributed by atoms with van der Waals surface area (Å²) in [6, 6.07) is 0. The first kappa shape index (κ1) is 15.7. The van der Waals surface area contributed by atoms with Gasteiger partial charge in [0.05, 0.1) is 23.4 Å². The Bertz CT molecular complexity index is 194. The van der Waals surface area contributed by atoms with Crippen molar-refractivity contribution in [1.82, 2.24) is 0 Å². The van der Waals surface area contributed by atoms with Crippen LogP contribution in [-0.4, -0.2) is 23.4 Å². The van der Waals surface area contributed by atoms with E-state index in [1.54, 1.807) is 0 Å². The van der Waals surface area contributed by atoms with E-state index < -0.39 is 0 Å². The highest BCUT2D eigenvalue weighted by Crippen LogP contribution is 2.14. The summed E-state index contributed by atoms with van der Waals surface area (Å²) in [5, 5.41) is 0. The first-order valence-corrected chi connectivity index (χ1v) is 6.03. The fourth-order valence-corrected chi connectivity index (χ4v) is 1.51. The van der Waals surface area contributed by atoms with Crippen LogP contribution in [0.4, 0.5) is 0 Å². The zero-order valence-corrected chi connectivity index (χ0v) is 12.1. The lowest BCUT2D eigenvalue weighted by molar-refractivity contribution is -0.0375. The zero-order chi connectivity index (χ0) is 13.0. The lowest BCUT2D eigenvalue weighted by Crippen LogP contribution is -2.26. The summed E-state index contributed by atoms with van der Waals surface area (Å²) in [6.07, 6.45) is 4.35. The highest BCUT2D eigenvalue weighted by Gasteiger charge is 2.15. The predicted molar refractivity (Wildman–Crippen MR) is 69.7 cm³/mol. The van der Waals surface area contributed by atoms with Crippen molar-refractivity contribution in [2.24, 2.45) is 0 Å². The molecule has 0 radical (unpaired) electrons. The number of hydrogen-bond acceptors (Lipinski definition) is 2. The Morgan fingerprint density at radius 2 is 0.938 bits per heavy atom. The average molecular weight is 228 g/mol. The van der Waals surface area contributed by atoms with Gasteiger partial charge in [-0.2, -0.15) is 0 Å². The lowest BCUT2D eigenvalue weighted by Gasteiger charge is -2.25. The van der Waals surface area contributed by atoms with Crippen LogP contribution in [0.1, 0.15) is 55.4 Å². The Hall–Kier alpha value is -0.340. The molecular weight excluding hydrogens is 200 g/mol. The third-order valence-corrected chi connectivity index (χ3v) is 1.73. The second kappa shape index (κ2) is 5.83. The highest BCUT2D eigenvalue weighted by atomic mass is 16.5. The SMILES string of the molecule is CC(/C=C/C(C)OC(C)(C)C)OC(C)(C)C. The smallest absolute Gasteiger partial charge is 0.0735 e. The van der Waals surface area contributed by atoms with E-state index in [4.69, 9.17) is 9.47 Å². The summed E-state index contributed by atoms with van der Waals surface area (Å²) in [6.45, 7) is 16.5. The van der Waals surface area contributed by atoms with Crippen LogP contribution in [0.5, 0.6) is 0 Å². The van der Waals surface area contributed by atoms with Crippen molar-refractivity contribution >= 4 is 0 Å². The van der Waals surface area contributed by atoms with E-state index in [0.717, 1.165) is 0 Å². The van der Waals surface area contributed by atoms with Crippen LogP contribution in [0.15, 0.2) is 12.2 Å².